The van der Waals surface area contributed by atoms with Gasteiger partial charge in [0.15, 0.2) is 0 Å². The summed E-state index contributed by atoms with van der Waals surface area (Å²) >= 11 is 0. The molecule has 4 nitrogen and oxygen atoms in total. The lowest BCUT2D eigenvalue weighted by atomic mass is 10.7. The Labute approximate surface area is 61.1 Å². The summed E-state index contributed by atoms with van der Waals surface area (Å²) in [6.45, 7) is 4.63. The molecule has 0 rings (SSSR count). The van der Waals surface area contributed by atoms with Crippen LogP contribution in [0.2, 0.25) is 0 Å². The molecule has 0 aliphatic heterocycles. The molecule has 0 heterocycles. The van der Waals surface area contributed by atoms with Gasteiger partial charge in [-0.2, -0.15) is 5.06 Å². The normalized spacial score (nSPS) is 10.0. The first-order valence-electron chi connectivity index (χ1n) is 3.24. The number of hydrogen-bond donors (Lipinski definition) is 1. The summed E-state index contributed by atoms with van der Waals surface area (Å²) in [6, 6.07) is 0. The van der Waals surface area contributed by atoms with Gasteiger partial charge in [0.05, 0.1) is 13.8 Å². The van der Waals surface area contributed by atoms with Gasteiger partial charge in [0.25, 0.3) is 0 Å². The van der Waals surface area contributed by atoms with Gasteiger partial charge in [-0.25, -0.2) is 0 Å². The van der Waals surface area contributed by atoms with E-state index in [9.17, 15) is 4.79 Å². The number of nitrogens with zero attached hydrogens (tertiary/aromatic N) is 1. The molecule has 0 spiro atoms. The van der Waals surface area contributed by atoms with E-state index in [-0.39, 0.29) is 5.91 Å². The zero-order chi connectivity index (χ0) is 7.98. The van der Waals surface area contributed by atoms with Gasteiger partial charge in [-0.1, -0.05) is 6.92 Å². The maximum absolute atomic E-state index is 10.4. The van der Waals surface area contributed by atoms with E-state index >= 15 is 0 Å². The molecule has 0 aromatic carbocycles. The van der Waals surface area contributed by atoms with Gasteiger partial charge in [0.1, 0.15) is 0 Å². The Morgan fingerprint density at radius 1 is 1.70 bits per heavy atom. The third-order valence-corrected chi connectivity index (χ3v) is 1.12. The molecule has 0 aliphatic carbocycles. The fraction of sp³-hybridized carbons (Fsp3) is 0.833. The molecule has 60 valence electrons. The average molecular weight is 146 g/mol. The Kier molecular flexibility index (Phi) is 4.88. The lowest BCUT2D eigenvalue weighted by molar-refractivity contribution is -0.141. The van der Waals surface area contributed by atoms with Crippen LogP contribution in [0.1, 0.15) is 13.8 Å². The topological polar surface area (TPSA) is 41.6 Å². The van der Waals surface area contributed by atoms with Crippen molar-refractivity contribution in [1.29, 1.82) is 0 Å². The lowest BCUT2D eigenvalue weighted by Crippen LogP contribution is -2.35. The predicted molar refractivity (Wildman–Crippen MR) is 38.1 cm³/mol. The van der Waals surface area contributed by atoms with E-state index < -0.39 is 0 Å². The lowest BCUT2D eigenvalue weighted by Gasteiger charge is -2.16. The highest BCUT2D eigenvalue weighted by molar-refractivity contribution is 5.72. The zero-order valence-corrected chi connectivity index (χ0v) is 6.68. The average Bonchev–Trinajstić information content (AvgIpc) is 1.90. The Morgan fingerprint density at radius 2 is 2.30 bits per heavy atom. The van der Waals surface area contributed by atoms with Crippen molar-refractivity contribution in [1.82, 2.24) is 10.4 Å². The molecule has 0 atom stereocenters. The van der Waals surface area contributed by atoms with Crippen LogP contribution >= 0.6 is 0 Å². The Hall–Kier alpha value is -0.610. The van der Waals surface area contributed by atoms with E-state index in [4.69, 9.17) is 4.84 Å². The molecule has 0 saturated carbocycles. The van der Waals surface area contributed by atoms with Crippen molar-refractivity contribution in [3.05, 3.63) is 0 Å². The molecule has 1 N–H and O–H groups in total. The summed E-state index contributed by atoms with van der Waals surface area (Å²) in [6.07, 6.45) is 0. The van der Waals surface area contributed by atoms with Crippen molar-refractivity contribution in [3.63, 3.8) is 0 Å². The molecular formula is C6H14N2O2. The van der Waals surface area contributed by atoms with E-state index in [1.54, 1.807) is 12.2 Å². The number of amides is 1. The van der Waals surface area contributed by atoms with Crippen molar-refractivity contribution in [3.8, 4) is 0 Å². The zero-order valence-electron chi connectivity index (χ0n) is 6.68. The Bertz CT molecular complexity index is 102. The van der Waals surface area contributed by atoms with Crippen molar-refractivity contribution in [2.45, 2.75) is 13.8 Å². The molecule has 0 aliphatic rings. The molecule has 0 aromatic rings. The van der Waals surface area contributed by atoms with Crippen LogP contribution < -0.4 is 5.32 Å². The second-order valence-corrected chi connectivity index (χ2v) is 1.87. The van der Waals surface area contributed by atoms with Gasteiger partial charge >= 0.3 is 0 Å². The van der Waals surface area contributed by atoms with Crippen LogP contribution in [-0.2, 0) is 9.63 Å². The first-order chi connectivity index (χ1) is 4.70. The smallest absolute Gasteiger partial charge is 0.217 e. The standard InChI is InChI=1S/C6H14N2O2/c1-4-8(10-3)5-7-6(2)9/h4-5H2,1-3H3,(H,7,9). The summed E-state index contributed by atoms with van der Waals surface area (Å²) < 4.78 is 0. The Balaban J connectivity index is 3.34. The van der Waals surface area contributed by atoms with E-state index in [2.05, 4.69) is 5.32 Å². The molecule has 4 heteroatoms. The number of nitrogens with one attached hydrogen (secondary N) is 1. The largest absolute Gasteiger partial charge is 0.341 e. The minimum Gasteiger partial charge on any atom is -0.341 e. The fourth-order valence-electron chi connectivity index (χ4n) is 0.505. The van der Waals surface area contributed by atoms with Crippen molar-refractivity contribution in [2.24, 2.45) is 0 Å². The first-order valence-corrected chi connectivity index (χ1v) is 3.24. The quantitative estimate of drug-likeness (QED) is 0.447. The molecule has 0 saturated heterocycles. The highest BCUT2D eigenvalue weighted by Crippen LogP contribution is 1.82. The van der Waals surface area contributed by atoms with E-state index in [0.717, 1.165) is 6.54 Å². The number of carbonyl (C=O) groups excluding carboxylic acids is 1. The van der Waals surface area contributed by atoms with Crippen LogP contribution in [0, 0.1) is 0 Å². The summed E-state index contributed by atoms with van der Waals surface area (Å²) in [4.78, 5) is 15.3. The monoisotopic (exact) mass is 146 g/mol. The number of rotatable bonds is 4. The van der Waals surface area contributed by atoms with Crippen LogP contribution in [0.3, 0.4) is 0 Å². The molecule has 0 aromatic heterocycles. The van der Waals surface area contributed by atoms with Gasteiger partial charge in [-0.15, -0.1) is 0 Å². The maximum atomic E-state index is 10.4. The van der Waals surface area contributed by atoms with Crippen molar-refractivity contribution in [2.75, 3.05) is 20.3 Å². The summed E-state index contributed by atoms with van der Waals surface area (Å²) in [5, 5.41) is 4.25. The van der Waals surface area contributed by atoms with Crippen molar-refractivity contribution >= 4 is 5.91 Å². The summed E-state index contributed by atoms with van der Waals surface area (Å²) in [5.74, 6) is -0.0458. The second-order valence-electron chi connectivity index (χ2n) is 1.87. The molecular weight excluding hydrogens is 132 g/mol. The molecule has 0 bridgehead atoms. The van der Waals surface area contributed by atoms with E-state index in [1.165, 1.54) is 6.92 Å². The minimum atomic E-state index is -0.0458. The molecule has 0 fully saturated rings. The highest BCUT2D eigenvalue weighted by Gasteiger charge is 1.98. The van der Waals surface area contributed by atoms with Crippen LogP contribution in [0.25, 0.3) is 0 Å². The Morgan fingerprint density at radius 3 is 2.60 bits per heavy atom. The van der Waals surface area contributed by atoms with Crippen molar-refractivity contribution < 1.29 is 9.63 Å². The minimum absolute atomic E-state index is 0.0458. The van der Waals surface area contributed by atoms with Gasteiger partial charge in [-0.3, -0.25) is 4.79 Å². The predicted octanol–water partition coefficient (Wildman–Crippen LogP) is -0.0367. The van der Waals surface area contributed by atoms with Crippen LogP contribution in [0.15, 0.2) is 0 Å². The van der Waals surface area contributed by atoms with Crippen LogP contribution in [0.5, 0.6) is 0 Å². The maximum Gasteiger partial charge on any atom is 0.217 e. The molecule has 1 amide bonds. The highest BCUT2D eigenvalue weighted by atomic mass is 16.7. The summed E-state index contributed by atoms with van der Waals surface area (Å²) in [5.41, 5.74) is 0. The molecule has 0 radical (unpaired) electrons. The van der Waals surface area contributed by atoms with Crippen LogP contribution in [-0.4, -0.2) is 31.3 Å². The van der Waals surface area contributed by atoms with Crippen LogP contribution in [0.4, 0.5) is 0 Å². The van der Waals surface area contributed by atoms with E-state index in [0.29, 0.717) is 6.67 Å². The number of hydrogen-bond acceptors (Lipinski definition) is 3. The number of hydroxylamine groups is 2. The SMILES string of the molecule is CCN(CNC(C)=O)OC. The van der Waals surface area contributed by atoms with Gasteiger partial charge in [0.2, 0.25) is 5.91 Å². The third-order valence-electron chi connectivity index (χ3n) is 1.12. The third kappa shape index (κ3) is 4.29. The fourth-order valence-corrected chi connectivity index (χ4v) is 0.505. The van der Waals surface area contributed by atoms with E-state index in [1.807, 2.05) is 6.92 Å². The number of carbonyl (C=O) groups is 1. The molecule has 10 heavy (non-hydrogen) atoms. The van der Waals surface area contributed by atoms with Gasteiger partial charge in [0, 0.05) is 13.5 Å². The van der Waals surface area contributed by atoms with Gasteiger partial charge < -0.3 is 10.2 Å². The molecule has 0 unspecified atom stereocenters. The second kappa shape index (κ2) is 5.20. The first kappa shape index (κ1) is 9.39. The summed E-state index contributed by atoms with van der Waals surface area (Å²) in [7, 11) is 1.57. The van der Waals surface area contributed by atoms with Gasteiger partial charge in [-0.05, 0) is 0 Å².